The normalized spacial score (nSPS) is 11.8. The second kappa shape index (κ2) is 15.3. The fourth-order valence-corrected chi connectivity index (χ4v) is 7.23. The van der Waals surface area contributed by atoms with Crippen molar-refractivity contribution in [2.75, 3.05) is 22.7 Å². The van der Waals surface area contributed by atoms with Gasteiger partial charge in [0.2, 0.25) is 6.41 Å². The number of nitrogens with two attached hydrogens (primary N) is 1. The highest BCUT2D eigenvalue weighted by atomic mass is 127. The number of hydrogen-bond acceptors (Lipinski definition) is 8. The number of nitrogens with zero attached hydrogens (tertiary/aromatic N) is 2. The number of aromatic carboxylic acids is 1. The Hall–Kier alpha value is -3.46. The third-order valence-electron chi connectivity index (χ3n) is 6.76. The number of aromatic nitrogens is 1. The molecule has 4 aromatic rings. The lowest BCUT2D eigenvalue weighted by Crippen LogP contribution is -2.18. The minimum atomic E-state index is -1.14. The van der Waals surface area contributed by atoms with Gasteiger partial charge in [0.05, 0.1) is 5.69 Å². The predicted octanol–water partition coefficient (Wildman–Crippen LogP) is 6.70. The quantitative estimate of drug-likeness (QED) is 0.0647. The molecule has 0 atom stereocenters. The summed E-state index contributed by atoms with van der Waals surface area (Å²) in [5, 5.41) is 17.5. The van der Waals surface area contributed by atoms with Crippen molar-refractivity contribution in [3.05, 3.63) is 88.1 Å². The first kappa shape index (κ1) is 32.5. The highest BCUT2D eigenvalue weighted by molar-refractivity contribution is 14.2. The molecule has 0 saturated carbocycles. The first-order valence-electron chi connectivity index (χ1n) is 13.6. The summed E-state index contributed by atoms with van der Waals surface area (Å²) < 4.78 is 2.18. The van der Waals surface area contributed by atoms with E-state index in [0.717, 1.165) is 47.6 Å². The number of hydrogen-bond donors (Lipinski definition) is 4. The van der Waals surface area contributed by atoms with Crippen LogP contribution in [0, 0.1) is 6.92 Å². The van der Waals surface area contributed by atoms with Gasteiger partial charge in [0, 0.05) is 82.9 Å². The van der Waals surface area contributed by atoms with E-state index >= 15 is 0 Å². The minimum Gasteiger partial charge on any atom is -0.476 e. The van der Waals surface area contributed by atoms with Crippen LogP contribution >= 0.6 is 41.7 Å². The number of benzene rings is 2. The first-order chi connectivity index (χ1) is 20.8. The van der Waals surface area contributed by atoms with E-state index in [1.54, 1.807) is 39.5 Å². The topological polar surface area (TPSA) is 138 Å². The second-order valence-electron chi connectivity index (χ2n) is 9.69. The Labute approximate surface area is 271 Å². The van der Waals surface area contributed by atoms with Crippen LogP contribution in [0.4, 0.5) is 11.4 Å². The van der Waals surface area contributed by atoms with Crippen LogP contribution in [0.1, 0.15) is 51.0 Å². The van der Waals surface area contributed by atoms with Gasteiger partial charge < -0.3 is 25.8 Å². The van der Waals surface area contributed by atoms with Crippen molar-refractivity contribution in [1.29, 1.82) is 0 Å². The van der Waals surface area contributed by atoms with Crippen molar-refractivity contribution < 1.29 is 19.5 Å². The first-order valence-corrected chi connectivity index (χ1v) is 17.8. The van der Waals surface area contributed by atoms with Crippen molar-refractivity contribution in [1.82, 2.24) is 10.3 Å². The third kappa shape index (κ3) is 7.74. The van der Waals surface area contributed by atoms with Crippen molar-refractivity contribution in [2.45, 2.75) is 33.2 Å². The molecule has 0 radical (unpaired) electrons. The van der Waals surface area contributed by atoms with Gasteiger partial charge in [-0.25, -0.2) is 9.78 Å². The fraction of sp³-hybridized carbons (Fsp3) is 0.226. The van der Waals surface area contributed by atoms with E-state index in [2.05, 4.69) is 52.6 Å². The lowest BCUT2D eigenvalue weighted by Gasteiger charge is -2.23. The number of carbonyl (C=O) groups excluding carboxylic acids is 2. The van der Waals surface area contributed by atoms with Crippen molar-refractivity contribution >= 4 is 71.3 Å². The fourth-order valence-electron chi connectivity index (χ4n) is 4.63. The van der Waals surface area contributed by atoms with Crippen molar-refractivity contribution in [2.24, 2.45) is 5.73 Å². The molecular weight excluding hydrogens is 697 g/mol. The SMILES string of the molecule is CCCNC=O.Cc1ccc(-c2cc3c(cc2C(=O)Nc2ccc(CN)cc2)-c2sccc2CCN3SI)c(C(=O)O)n1. The zero-order chi connectivity index (χ0) is 30.9. The summed E-state index contributed by atoms with van der Waals surface area (Å²) in [5.41, 5.74) is 12.2. The Morgan fingerprint density at radius 1 is 1.14 bits per heavy atom. The molecule has 12 heteroatoms. The molecule has 2 aromatic carbocycles. The van der Waals surface area contributed by atoms with Gasteiger partial charge in [-0.05, 0) is 78.2 Å². The number of carboxylic acids is 1. The maximum atomic E-state index is 13.8. The average molecular weight is 730 g/mol. The molecule has 5 N–H and O–H groups in total. The molecule has 1 aliphatic heterocycles. The Balaban J connectivity index is 0.000000641. The van der Waals surface area contributed by atoms with Crippen molar-refractivity contribution in [3.63, 3.8) is 0 Å². The number of halogens is 1. The second-order valence-corrected chi connectivity index (χ2v) is 12.4. The molecule has 3 heterocycles. The maximum Gasteiger partial charge on any atom is 0.355 e. The largest absolute Gasteiger partial charge is 0.476 e. The summed E-state index contributed by atoms with van der Waals surface area (Å²) in [5.74, 6) is -1.47. The standard InChI is InChI=1S/C27H23IN4O3S2.C4H9NO/c1-15-2-7-19(24(30-15)27(34)35)20-13-23-22(25-17(9-11-36-25)8-10-32(23)37-28)12-21(20)26(33)31-18-5-3-16(14-29)4-6-18;1-2-3-5-4-6/h2-7,9,11-13H,8,10,14,29H2,1H3,(H,31,33)(H,34,35);4H,2-3H2,1H3,(H,5,6). The van der Waals surface area contributed by atoms with Gasteiger partial charge in [-0.15, -0.1) is 11.3 Å². The van der Waals surface area contributed by atoms with Gasteiger partial charge in [-0.2, -0.15) is 0 Å². The summed E-state index contributed by atoms with van der Waals surface area (Å²) in [4.78, 5) is 40.8. The monoisotopic (exact) mass is 729 g/mol. The number of aryl methyl sites for hydroxylation is 1. The molecule has 0 unspecified atom stereocenters. The number of carboxylic acid groups (broad SMARTS) is 1. The van der Waals surface area contributed by atoms with Gasteiger partial charge in [-0.1, -0.05) is 25.1 Å². The molecule has 0 aliphatic carbocycles. The zero-order valence-corrected chi connectivity index (χ0v) is 27.5. The van der Waals surface area contributed by atoms with Crippen LogP contribution in [0.2, 0.25) is 0 Å². The Morgan fingerprint density at radius 2 is 1.91 bits per heavy atom. The number of anilines is 2. The van der Waals surface area contributed by atoms with E-state index in [1.807, 2.05) is 43.3 Å². The summed E-state index contributed by atoms with van der Waals surface area (Å²) in [6.45, 7) is 5.76. The van der Waals surface area contributed by atoms with E-state index in [9.17, 15) is 19.5 Å². The summed E-state index contributed by atoms with van der Waals surface area (Å²) >= 11 is 3.91. The summed E-state index contributed by atoms with van der Waals surface area (Å²) in [6.07, 6.45) is 2.60. The number of carbonyl (C=O) groups is 3. The number of fused-ring (bicyclic) bond motifs is 3. The lowest BCUT2D eigenvalue weighted by molar-refractivity contribution is -0.109. The Bertz CT molecular complexity index is 1610. The average Bonchev–Trinajstić information content (AvgIpc) is 3.43. The number of nitrogens with one attached hydrogen (secondary N) is 2. The molecule has 5 rings (SSSR count). The molecule has 224 valence electrons. The number of amides is 2. The van der Waals surface area contributed by atoms with Gasteiger partial charge in [0.25, 0.3) is 5.91 Å². The number of rotatable bonds is 9. The molecule has 0 spiro atoms. The third-order valence-corrected chi connectivity index (χ3v) is 9.72. The Kier molecular flexibility index (Phi) is 11.6. The van der Waals surface area contributed by atoms with Crippen LogP contribution in [0.5, 0.6) is 0 Å². The molecule has 0 bridgehead atoms. The molecule has 9 nitrogen and oxygen atoms in total. The molecule has 2 amide bonds. The van der Waals surface area contributed by atoms with Crippen LogP contribution < -0.4 is 20.7 Å². The highest BCUT2D eigenvalue weighted by Crippen LogP contribution is 2.46. The Morgan fingerprint density at radius 3 is 2.53 bits per heavy atom. The molecule has 0 saturated heterocycles. The van der Waals surface area contributed by atoms with Crippen LogP contribution in [0.3, 0.4) is 0 Å². The van der Waals surface area contributed by atoms with E-state index in [1.165, 1.54) is 5.56 Å². The predicted molar refractivity (Wildman–Crippen MR) is 184 cm³/mol. The summed E-state index contributed by atoms with van der Waals surface area (Å²) in [6, 6.07) is 16.8. The van der Waals surface area contributed by atoms with E-state index < -0.39 is 5.97 Å². The minimum absolute atomic E-state index is 0.0830. The van der Waals surface area contributed by atoms with Crippen LogP contribution in [-0.4, -0.2) is 41.5 Å². The summed E-state index contributed by atoms with van der Waals surface area (Å²) in [7, 11) is 1.58. The maximum absolute atomic E-state index is 13.8. The molecule has 43 heavy (non-hydrogen) atoms. The number of thiophene rings is 1. The molecule has 1 aliphatic rings. The van der Waals surface area contributed by atoms with E-state index in [-0.39, 0.29) is 11.6 Å². The highest BCUT2D eigenvalue weighted by Gasteiger charge is 2.27. The van der Waals surface area contributed by atoms with Crippen molar-refractivity contribution in [3.8, 4) is 21.6 Å². The molecular formula is C31H32IN5O4S2. The van der Waals surface area contributed by atoms with Gasteiger partial charge >= 0.3 is 5.97 Å². The van der Waals surface area contributed by atoms with Gasteiger partial charge in [0.1, 0.15) is 0 Å². The van der Waals surface area contributed by atoms with E-state index in [4.69, 9.17) is 5.73 Å². The van der Waals surface area contributed by atoms with Gasteiger partial charge in [0.15, 0.2) is 5.69 Å². The zero-order valence-electron chi connectivity index (χ0n) is 23.7. The van der Waals surface area contributed by atoms with Gasteiger partial charge in [-0.3, -0.25) is 9.59 Å². The molecule has 2 aromatic heterocycles. The lowest BCUT2D eigenvalue weighted by atomic mass is 9.93. The van der Waals surface area contributed by atoms with E-state index in [0.29, 0.717) is 41.0 Å². The van der Waals surface area contributed by atoms with Crippen LogP contribution in [0.25, 0.3) is 21.6 Å². The smallest absolute Gasteiger partial charge is 0.355 e. The van der Waals surface area contributed by atoms with Crippen LogP contribution in [0.15, 0.2) is 60.0 Å². The number of pyridine rings is 1. The van der Waals surface area contributed by atoms with Crippen LogP contribution in [-0.2, 0) is 17.8 Å². The molecule has 0 fully saturated rings.